The van der Waals surface area contributed by atoms with E-state index in [4.69, 9.17) is 0 Å². The molecule has 0 saturated heterocycles. The van der Waals surface area contributed by atoms with Crippen molar-refractivity contribution >= 4 is 28.5 Å². The highest BCUT2D eigenvalue weighted by molar-refractivity contribution is 5.96. The molecule has 1 unspecified atom stereocenters. The molecular weight excluding hydrogens is 376 g/mol. The molecule has 2 aromatic carbocycles. The van der Waals surface area contributed by atoms with Gasteiger partial charge in [0.05, 0.1) is 0 Å². The van der Waals surface area contributed by atoms with Gasteiger partial charge in [-0.2, -0.15) is 0 Å². The molecule has 0 spiro atoms. The zero-order chi connectivity index (χ0) is 21.1. The van der Waals surface area contributed by atoms with Gasteiger partial charge in [-0.25, -0.2) is 0 Å². The first-order valence-electron chi connectivity index (χ1n) is 10.8. The van der Waals surface area contributed by atoms with Gasteiger partial charge in [0.2, 0.25) is 5.91 Å². The number of carboxylic acids is 1. The van der Waals surface area contributed by atoms with E-state index in [-0.39, 0.29) is 18.4 Å². The van der Waals surface area contributed by atoms with Crippen LogP contribution in [0.4, 0.5) is 5.69 Å². The normalized spacial score (nSPS) is 15.7. The summed E-state index contributed by atoms with van der Waals surface area (Å²) in [5.74, 6) is -0.749. The molecule has 3 aromatic rings. The van der Waals surface area contributed by atoms with Gasteiger partial charge in [-0.1, -0.05) is 49.7 Å². The minimum atomic E-state index is -0.841. The first-order chi connectivity index (χ1) is 14.6. The number of nitrogens with zero attached hydrogens (tertiary/aromatic N) is 2. The van der Waals surface area contributed by atoms with E-state index in [2.05, 4.69) is 6.92 Å². The number of unbranched alkanes of at least 4 members (excludes halogenated alkanes) is 1. The number of carbonyl (C=O) groups is 2. The second-order valence-corrected chi connectivity index (χ2v) is 8.04. The van der Waals surface area contributed by atoms with Crippen LogP contribution >= 0.6 is 0 Å². The molecule has 5 heteroatoms. The summed E-state index contributed by atoms with van der Waals surface area (Å²) in [7, 11) is 0. The summed E-state index contributed by atoms with van der Waals surface area (Å²) in [5.41, 5.74) is 4.11. The lowest BCUT2D eigenvalue weighted by Gasteiger charge is -2.30. The van der Waals surface area contributed by atoms with Crippen molar-refractivity contribution in [3.8, 4) is 0 Å². The van der Waals surface area contributed by atoms with Crippen molar-refractivity contribution in [2.75, 3.05) is 11.4 Å². The Kier molecular flexibility index (Phi) is 5.88. The fraction of sp³-hybridized carbons (Fsp3) is 0.360. The van der Waals surface area contributed by atoms with Crippen LogP contribution in [0.25, 0.3) is 10.9 Å². The van der Waals surface area contributed by atoms with E-state index in [1.54, 1.807) is 0 Å². The van der Waals surface area contributed by atoms with Crippen LogP contribution in [0.15, 0.2) is 54.6 Å². The fourth-order valence-electron chi connectivity index (χ4n) is 4.64. The van der Waals surface area contributed by atoms with Gasteiger partial charge in [0.25, 0.3) is 0 Å². The summed E-state index contributed by atoms with van der Waals surface area (Å²) in [5, 5.41) is 10.5. The maximum Gasteiger partial charge on any atom is 0.323 e. The van der Waals surface area contributed by atoms with Crippen molar-refractivity contribution in [1.82, 2.24) is 4.57 Å². The third-order valence-electron chi connectivity index (χ3n) is 6.09. The molecule has 1 N–H and O–H groups in total. The number of hydrogen-bond acceptors (Lipinski definition) is 2. The van der Waals surface area contributed by atoms with E-state index in [0.29, 0.717) is 6.42 Å². The summed E-state index contributed by atoms with van der Waals surface area (Å²) in [6.07, 6.45) is 4.14. The first kappa shape index (κ1) is 20.2. The summed E-state index contributed by atoms with van der Waals surface area (Å²) in [6, 6.07) is 17.9. The zero-order valence-corrected chi connectivity index (χ0v) is 17.4. The molecule has 5 nitrogen and oxygen atoms in total. The second-order valence-electron chi connectivity index (χ2n) is 8.04. The molecule has 1 amide bonds. The molecule has 0 fully saturated rings. The third-order valence-corrected chi connectivity index (χ3v) is 6.09. The van der Waals surface area contributed by atoms with Crippen molar-refractivity contribution < 1.29 is 14.7 Å². The topological polar surface area (TPSA) is 62.5 Å². The van der Waals surface area contributed by atoms with Gasteiger partial charge in [0.15, 0.2) is 0 Å². The molecule has 30 heavy (non-hydrogen) atoms. The Labute approximate surface area is 176 Å². The number of aromatic nitrogens is 1. The van der Waals surface area contributed by atoms with Gasteiger partial charge < -0.3 is 14.6 Å². The number of hydrogen-bond donors (Lipinski definition) is 1. The van der Waals surface area contributed by atoms with Gasteiger partial charge in [0, 0.05) is 34.7 Å². The molecule has 0 radical (unpaired) electrons. The van der Waals surface area contributed by atoms with Crippen LogP contribution in [-0.4, -0.2) is 28.1 Å². The van der Waals surface area contributed by atoms with E-state index in [1.165, 1.54) is 0 Å². The number of carbonyl (C=O) groups excluding carboxylic acids is 1. The van der Waals surface area contributed by atoms with E-state index < -0.39 is 5.97 Å². The number of para-hydroxylation sites is 2. The monoisotopic (exact) mass is 404 g/mol. The second kappa shape index (κ2) is 8.74. The molecule has 0 bridgehead atoms. The molecule has 1 aliphatic rings. The highest BCUT2D eigenvalue weighted by Gasteiger charge is 2.32. The Bertz CT molecular complexity index is 1050. The SMILES string of the molecule is CCCCN(C(=O)C1CCc2c(c3ccccc3n2CC(=O)O)C1)c1ccccc1. The molecule has 156 valence electrons. The average molecular weight is 405 g/mol. The maximum atomic E-state index is 13.6. The number of fused-ring (bicyclic) bond motifs is 3. The third kappa shape index (κ3) is 3.84. The minimum absolute atomic E-state index is 0.0406. The highest BCUT2D eigenvalue weighted by Crippen LogP contribution is 2.35. The minimum Gasteiger partial charge on any atom is -0.480 e. The average Bonchev–Trinajstić information content (AvgIpc) is 3.07. The Hall–Kier alpha value is -3.08. The van der Waals surface area contributed by atoms with Crippen molar-refractivity contribution in [3.05, 3.63) is 65.9 Å². The molecule has 1 atom stereocenters. The summed E-state index contributed by atoms with van der Waals surface area (Å²) in [4.78, 5) is 26.9. The number of benzene rings is 2. The van der Waals surface area contributed by atoms with Gasteiger partial charge in [-0.05, 0) is 49.4 Å². The molecular formula is C25H28N2O3. The van der Waals surface area contributed by atoms with Crippen LogP contribution in [-0.2, 0) is 29.0 Å². The standard InChI is InChI=1S/C25H28N2O3/c1-2-3-15-26(19-9-5-4-6-10-19)25(30)18-13-14-23-21(16-18)20-11-7-8-12-22(20)27(23)17-24(28)29/h4-12,18H,2-3,13-17H2,1H3,(H,28,29). The van der Waals surface area contributed by atoms with Crippen LogP contribution in [0.1, 0.15) is 37.4 Å². The maximum absolute atomic E-state index is 13.6. The molecule has 1 aliphatic carbocycles. The molecule has 1 aromatic heterocycles. The van der Waals surface area contributed by atoms with E-state index in [1.807, 2.05) is 64.1 Å². The van der Waals surface area contributed by atoms with E-state index >= 15 is 0 Å². The lowest BCUT2D eigenvalue weighted by molar-refractivity contribution is -0.137. The van der Waals surface area contributed by atoms with Crippen molar-refractivity contribution in [1.29, 1.82) is 0 Å². The van der Waals surface area contributed by atoms with Gasteiger partial charge in [0.1, 0.15) is 6.54 Å². The summed E-state index contributed by atoms with van der Waals surface area (Å²) >= 11 is 0. The first-order valence-corrected chi connectivity index (χ1v) is 10.8. The van der Waals surface area contributed by atoms with Gasteiger partial charge in [-0.3, -0.25) is 9.59 Å². The Morgan fingerprint density at radius 3 is 2.57 bits per heavy atom. The highest BCUT2D eigenvalue weighted by atomic mass is 16.4. The van der Waals surface area contributed by atoms with Crippen LogP contribution < -0.4 is 4.90 Å². The Morgan fingerprint density at radius 1 is 1.10 bits per heavy atom. The van der Waals surface area contributed by atoms with Crippen molar-refractivity contribution in [3.63, 3.8) is 0 Å². The number of carboxylic acid groups (broad SMARTS) is 1. The lowest BCUT2D eigenvalue weighted by Crippen LogP contribution is -2.39. The quantitative estimate of drug-likeness (QED) is 0.623. The largest absolute Gasteiger partial charge is 0.480 e. The fourth-order valence-corrected chi connectivity index (χ4v) is 4.64. The number of amides is 1. The number of aliphatic carboxylic acids is 1. The van der Waals surface area contributed by atoms with Crippen LogP contribution in [0.5, 0.6) is 0 Å². The predicted molar refractivity (Wildman–Crippen MR) is 119 cm³/mol. The van der Waals surface area contributed by atoms with Crippen LogP contribution in [0.2, 0.25) is 0 Å². The predicted octanol–water partition coefficient (Wildman–Crippen LogP) is 4.66. The molecule has 1 heterocycles. The van der Waals surface area contributed by atoms with Crippen LogP contribution in [0.3, 0.4) is 0 Å². The van der Waals surface area contributed by atoms with Gasteiger partial charge in [-0.15, -0.1) is 0 Å². The van der Waals surface area contributed by atoms with Gasteiger partial charge >= 0.3 is 5.97 Å². The van der Waals surface area contributed by atoms with E-state index in [9.17, 15) is 14.7 Å². The number of rotatable bonds is 7. The number of anilines is 1. The Morgan fingerprint density at radius 2 is 1.83 bits per heavy atom. The Balaban J connectivity index is 1.66. The molecule has 4 rings (SSSR count). The smallest absolute Gasteiger partial charge is 0.323 e. The molecule has 0 aliphatic heterocycles. The summed E-state index contributed by atoms with van der Waals surface area (Å²) < 4.78 is 1.92. The zero-order valence-electron chi connectivity index (χ0n) is 17.4. The molecule has 0 saturated carbocycles. The van der Waals surface area contributed by atoms with Crippen molar-refractivity contribution in [2.45, 2.75) is 45.6 Å². The van der Waals surface area contributed by atoms with E-state index in [0.717, 1.165) is 60.1 Å². The van der Waals surface area contributed by atoms with Crippen molar-refractivity contribution in [2.24, 2.45) is 5.92 Å². The van der Waals surface area contributed by atoms with Crippen LogP contribution in [0, 0.1) is 5.92 Å². The summed E-state index contributed by atoms with van der Waals surface area (Å²) in [6.45, 7) is 2.82. The lowest BCUT2D eigenvalue weighted by atomic mass is 9.85.